The quantitative estimate of drug-likeness (QED) is 0.609. The van der Waals surface area contributed by atoms with Crippen LogP contribution in [0.2, 0.25) is 0 Å². The molecular weight excluding hydrogens is 228 g/mol. The number of unbranched alkanes of at least 4 members (excludes halogenated alkanes) is 2. The number of hydrogen-bond acceptors (Lipinski definition) is 4. The molecule has 0 saturated carbocycles. The summed E-state index contributed by atoms with van der Waals surface area (Å²) in [7, 11) is 3.36. The lowest BCUT2D eigenvalue weighted by molar-refractivity contribution is 0.0821. The van der Waals surface area contributed by atoms with Crippen LogP contribution in [0.25, 0.3) is 0 Å². The third-order valence-corrected chi connectivity index (χ3v) is 2.34. The van der Waals surface area contributed by atoms with E-state index in [-0.39, 0.29) is 5.91 Å². The molecule has 0 saturated heterocycles. The minimum Gasteiger partial charge on any atom is -0.369 e. The van der Waals surface area contributed by atoms with Gasteiger partial charge in [-0.3, -0.25) is 4.79 Å². The summed E-state index contributed by atoms with van der Waals surface area (Å²) in [5, 5.41) is 11.0. The maximum absolute atomic E-state index is 11.6. The summed E-state index contributed by atoms with van der Waals surface area (Å²) in [5.41, 5.74) is 0.345. The standard InChI is InChI=1S/C13H18N4O/c1-4-5-6-7-10-14-12-9-8-11(15-16-12)13(18)17(2)3/h1,8-9H,5-7,10H2,2-3H3,(H,14,16). The van der Waals surface area contributed by atoms with E-state index in [1.54, 1.807) is 26.2 Å². The number of terminal acetylenes is 1. The second-order valence-corrected chi connectivity index (χ2v) is 4.09. The summed E-state index contributed by atoms with van der Waals surface area (Å²) in [6, 6.07) is 3.42. The van der Waals surface area contributed by atoms with Gasteiger partial charge in [-0.2, -0.15) is 0 Å². The molecule has 1 aromatic heterocycles. The molecule has 0 aliphatic heterocycles. The first-order valence-electron chi connectivity index (χ1n) is 5.88. The molecule has 0 atom stereocenters. The first-order chi connectivity index (χ1) is 8.65. The van der Waals surface area contributed by atoms with Crippen molar-refractivity contribution < 1.29 is 4.79 Å². The van der Waals surface area contributed by atoms with E-state index < -0.39 is 0 Å². The average Bonchev–Trinajstić information content (AvgIpc) is 2.38. The van der Waals surface area contributed by atoms with Crippen LogP contribution in [0.4, 0.5) is 5.82 Å². The Morgan fingerprint density at radius 1 is 1.39 bits per heavy atom. The zero-order valence-corrected chi connectivity index (χ0v) is 10.8. The van der Waals surface area contributed by atoms with E-state index in [2.05, 4.69) is 21.4 Å². The summed E-state index contributed by atoms with van der Waals surface area (Å²) in [5.74, 6) is 3.12. The number of carbonyl (C=O) groups excluding carboxylic acids is 1. The van der Waals surface area contributed by atoms with Gasteiger partial charge >= 0.3 is 0 Å². The zero-order chi connectivity index (χ0) is 13.4. The SMILES string of the molecule is C#CCCCCNc1ccc(C(=O)N(C)C)nn1. The van der Waals surface area contributed by atoms with Crippen molar-refractivity contribution in [3.8, 4) is 12.3 Å². The number of carbonyl (C=O) groups is 1. The highest BCUT2D eigenvalue weighted by Gasteiger charge is 2.09. The van der Waals surface area contributed by atoms with Gasteiger partial charge in [-0.25, -0.2) is 0 Å². The van der Waals surface area contributed by atoms with Crippen LogP contribution >= 0.6 is 0 Å². The summed E-state index contributed by atoms with van der Waals surface area (Å²) in [6.07, 6.45) is 7.94. The third kappa shape index (κ3) is 4.42. The van der Waals surface area contributed by atoms with Crippen molar-refractivity contribution in [1.82, 2.24) is 15.1 Å². The van der Waals surface area contributed by atoms with Gasteiger partial charge in [-0.1, -0.05) is 0 Å². The fourth-order valence-electron chi connectivity index (χ4n) is 1.34. The smallest absolute Gasteiger partial charge is 0.273 e. The minimum absolute atomic E-state index is 0.150. The maximum atomic E-state index is 11.6. The van der Waals surface area contributed by atoms with E-state index in [1.165, 1.54) is 4.90 Å². The van der Waals surface area contributed by atoms with Crippen molar-refractivity contribution in [1.29, 1.82) is 0 Å². The van der Waals surface area contributed by atoms with E-state index in [0.717, 1.165) is 25.8 Å². The molecule has 0 aliphatic carbocycles. The summed E-state index contributed by atoms with van der Waals surface area (Å²) >= 11 is 0. The Kier molecular flexibility index (Phi) is 5.65. The van der Waals surface area contributed by atoms with Gasteiger partial charge in [0, 0.05) is 27.1 Å². The molecule has 1 N–H and O–H groups in total. The van der Waals surface area contributed by atoms with Crippen LogP contribution in [0.15, 0.2) is 12.1 Å². The molecule has 5 nitrogen and oxygen atoms in total. The van der Waals surface area contributed by atoms with Crippen molar-refractivity contribution in [2.75, 3.05) is 26.0 Å². The second-order valence-electron chi connectivity index (χ2n) is 4.09. The lowest BCUT2D eigenvalue weighted by atomic mass is 10.2. The van der Waals surface area contributed by atoms with Gasteiger partial charge in [0.2, 0.25) is 0 Å². The third-order valence-electron chi connectivity index (χ3n) is 2.34. The van der Waals surface area contributed by atoms with Gasteiger partial charge in [0.05, 0.1) is 0 Å². The van der Waals surface area contributed by atoms with E-state index >= 15 is 0 Å². The number of anilines is 1. The van der Waals surface area contributed by atoms with Crippen LogP contribution < -0.4 is 5.32 Å². The van der Waals surface area contributed by atoms with Crippen LogP contribution in [0.5, 0.6) is 0 Å². The molecule has 18 heavy (non-hydrogen) atoms. The topological polar surface area (TPSA) is 58.1 Å². The number of amides is 1. The molecule has 0 aliphatic rings. The molecular formula is C13H18N4O. The Hall–Kier alpha value is -2.09. The predicted octanol–water partition coefficient (Wildman–Crippen LogP) is 1.39. The van der Waals surface area contributed by atoms with E-state index in [4.69, 9.17) is 6.42 Å². The van der Waals surface area contributed by atoms with Gasteiger partial charge in [0.1, 0.15) is 5.82 Å². The highest BCUT2D eigenvalue weighted by atomic mass is 16.2. The lowest BCUT2D eigenvalue weighted by Crippen LogP contribution is -2.23. The monoisotopic (exact) mass is 246 g/mol. The molecule has 1 amide bonds. The Labute approximate surface area is 108 Å². The van der Waals surface area contributed by atoms with E-state index in [0.29, 0.717) is 11.5 Å². The summed E-state index contributed by atoms with van der Waals surface area (Å²) in [4.78, 5) is 13.0. The molecule has 0 aromatic carbocycles. The Bertz CT molecular complexity index is 420. The van der Waals surface area contributed by atoms with Gasteiger partial charge in [0.25, 0.3) is 5.91 Å². The largest absolute Gasteiger partial charge is 0.369 e. The normalized spacial score (nSPS) is 9.61. The number of nitrogens with zero attached hydrogens (tertiary/aromatic N) is 3. The molecule has 1 rings (SSSR count). The summed E-state index contributed by atoms with van der Waals surface area (Å²) < 4.78 is 0. The fraction of sp³-hybridized carbons (Fsp3) is 0.462. The average molecular weight is 246 g/mol. The predicted molar refractivity (Wildman–Crippen MR) is 71.2 cm³/mol. The first-order valence-corrected chi connectivity index (χ1v) is 5.88. The van der Waals surface area contributed by atoms with E-state index in [1.807, 2.05) is 0 Å². The Balaban J connectivity index is 2.41. The molecule has 96 valence electrons. The van der Waals surface area contributed by atoms with Crippen LogP contribution in [0.3, 0.4) is 0 Å². The molecule has 0 bridgehead atoms. The van der Waals surface area contributed by atoms with Crippen molar-refractivity contribution >= 4 is 11.7 Å². The Morgan fingerprint density at radius 2 is 2.17 bits per heavy atom. The van der Waals surface area contributed by atoms with Crippen molar-refractivity contribution in [3.05, 3.63) is 17.8 Å². The highest BCUT2D eigenvalue weighted by molar-refractivity contribution is 5.91. The van der Waals surface area contributed by atoms with Crippen LogP contribution in [0.1, 0.15) is 29.8 Å². The molecule has 0 unspecified atom stereocenters. The highest BCUT2D eigenvalue weighted by Crippen LogP contribution is 2.04. The molecule has 0 fully saturated rings. The molecule has 0 radical (unpaired) electrons. The maximum Gasteiger partial charge on any atom is 0.273 e. The van der Waals surface area contributed by atoms with Crippen molar-refractivity contribution in [2.45, 2.75) is 19.3 Å². The number of hydrogen-bond donors (Lipinski definition) is 1. The molecule has 5 heteroatoms. The first kappa shape index (κ1) is 14.0. The van der Waals surface area contributed by atoms with Crippen LogP contribution in [-0.2, 0) is 0 Å². The van der Waals surface area contributed by atoms with Gasteiger partial charge in [-0.15, -0.1) is 22.5 Å². The number of aromatic nitrogens is 2. The zero-order valence-electron chi connectivity index (χ0n) is 10.8. The lowest BCUT2D eigenvalue weighted by Gasteiger charge is -2.09. The van der Waals surface area contributed by atoms with Gasteiger partial charge in [0.15, 0.2) is 5.69 Å². The van der Waals surface area contributed by atoms with Crippen molar-refractivity contribution in [2.24, 2.45) is 0 Å². The van der Waals surface area contributed by atoms with Crippen LogP contribution in [-0.4, -0.2) is 41.6 Å². The van der Waals surface area contributed by atoms with E-state index in [9.17, 15) is 4.79 Å². The number of rotatable bonds is 6. The summed E-state index contributed by atoms with van der Waals surface area (Å²) in [6.45, 7) is 0.803. The molecule has 0 spiro atoms. The molecule has 1 aromatic rings. The molecule has 1 heterocycles. The Morgan fingerprint density at radius 3 is 2.72 bits per heavy atom. The fourth-order valence-corrected chi connectivity index (χ4v) is 1.34. The van der Waals surface area contributed by atoms with Gasteiger partial charge in [-0.05, 0) is 25.0 Å². The second kappa shape index (κ2) is 7.28. The van der Waals surface area contributed by atoms with Gasteiger partial charge < -0.3 is 10.2 Å². The minimum atomic E-state index is -0.150. The van der Waals surface area contributed by atoms with Crippen molar-refractivity contribution in [3.63, 3.8) is 0 Å². The number of nitrogens with one attached hydrogen (secondary N) is 1. The van der Waals surface area contributed by atoms with Crippen LogP contribution in [0, 0.1) is 12.3 Å².